The molecule has 0 aliphatic carbocycles. The maximum Gasteiger partial charge on any atom is 0.0455 e. The van der Waals surface area contributed by atoms with Gasteiger partial charge < -0.3 is 9.80 Å². The van der Waals surface area contributed by atoms with Gasteiger partial charge in [-0.2, -0.15) is 0 Å². The molecule has 1 aromatic carbocycles. The summed E-state index contributed by atoms with van der Waals surface area (Å²) in [5, 5.41) is 3.58. The van der Waals surface area contributed by atoms with E-state index in [4.69, 9.17) is 0 Å². The first-order valence-corrected chi connectivity index (χ1v) is 8.57. The fourth-order valence-corrected chi connectivity index (χ4v) is 4.07. The lowest BCUT2D eigenvalue weighted by Gasteiger charge is -2.38. The molecule has 3 aromatic rings. The molecule has 1 fully saturated rings. The Morgan fingerprint density at radius 1 is 0.955 bits per heavy atom. The van der Waals surface area contributed by atoms with Crippen LogP contribution in [0.25, 0.3) is 10.1 Å². The summed E-state index contributed by atoms with van der Waals surface area (Å²) in [6, 6.07) is 11.0. The van der Waals surface area contributed by atoms with Crippen LogP contribution in [0, 0.1) is 6.92 Å². The number of hydrogen-bond donors (Lipinski definition) is 0. The number of nitrogens with zero attached hydrogens (tertiary/aromatic N) is 3. The molecule has 3 heterocycles. The highest BCUT2D eigenvalue weighted by Gasteiger charge is 2.19. The molecule has 1 aliphatic rings. The predicted octanol–water partition coefficient (Wildman–Crippen LogP) is 3.93. The van der Waals surface area contributed by atoms with E-state index in [0.717, 1.165) is 26.2 Å². The van der Waals surface area contributed by atoms with E-state index < -0.39 is 0 Å². The van der Waals surface area contributed by atoms with Crippen LogP contribution in [-0.2, 0) is 0 Å². The largest absolute Gasteiger partial charge is 0.368 e. The van der Waals surface area contributed by atoms with Crippen LogP contribution in [-0.4, -0.2) is 31.2 Å². The second-order valence-electron chi connectivity index (χ2n) is 5.75. The first-order valence-electron chi connectivity index (χ1n) is 7.70. The first kappa shape index (κ1) is 13.6. The summed E-state index contributed by atoms with van der Waals surface area (Å²) in [6.45, 7) is 6.39. The van der Waals surface area contributed by atoms with Crippen molar-refractivity contribution in [1.82, 2.24) is 4.98 Å². The van der Waals surface area contributed by atoms with Crippen molar-refractivity contribution in [3.05, 3.63) is 53.7 Å². The second kappa shape index (κ2) is 5.61. The summed E-state index contributed by atoms with van der Waals surface area (Å²) in [5.74, 6) is 0. The number of thiophene rings is 1. The van der Waals surface area contributed by atoms with E-state index in [9.17, 15) is 0 Å². The molecule has 4 heteroatoms. The van der Waals surface area contributed by atoms with Crippen LogP contribution >= 0.6 is 11.3 Å². The van der Waals surface area contributed by atoms with Gasteiger partial charge in [0.1, 0.15) is 0 Å². The van der Waals surface area contributed by atoms with Gasteiger partial charge in [0, 0.05) is 60.0 Å². The minimum absolute atomic E-state index is 1.06. The zero-order valence-corrected chi connectivity index (χ0v) is 13.5. The molecule has 0 unspecified atom stereocenters. The quantitative estimate of drug-likeness (QED) is 0.715. The van der Waals surface area contributed by atoms with Gasteiger partial charge in [-0.3, -0.25) is 4.98 Å². The van der Waals surface area contributed by atoms with Gasteiger partial charge in [-0.05, 0) is 42.1 Å². The SMILES string of the molecule is Cc1cnccc1N1CCN(c2cccc3sccc23)CC1. The van der Waals surface area contributed by atoms with Gasteiger partial charge in [-0.25, -0.2) is 0 Å². The van der Waals surface area contributed by atoms with Gasteiger partial charge in [0.25, 0.3) is 0 Å². The fourth-order valence-electron chi connectivity index (χ4n) is 3.26. The van der Waals surface area contributed by atoms with E-state index in [0.29, 0.717) is 0 Å². The van der Waals surface area contributed by atoms with Crippen molar-refractivity contribution < 1.29 is 0 Å². The molecule has 0 radical (unpaired) electrons. The molecule has 22 heavy (non-hydrogen) atoms. The molecule has 2 aromatic heterocycles. The summed E-state index contributed by atoms with van der Waals surface area (Å²) in [6.07, 6.45) is 3.84. The Bertz CT molecular complexity index is 788. The Morgan fingerprint density at radius 3 is 2.50 bits per heavy atom. The minimum atomic E-state index is 1.06. The zero-order chi connectivity index (χ0) is 14.9. The normalized spacial score (nSPS) is 15.5. The number of rotatable bonds is 2. The molecule has 0 amide bonds. The van der Waals surface area contributed by atoms with Crippen molar-refractivity contribution in [2.45, 2.75) is 6.92 Å². The number of fused-ring (bicyclic) bond motifs is 1. The highest BCUT2D eigenvalue weighted by atomic mass is 32.1. The highest BCUT2D eigenvalue weighted by molar-refractivity contribution is 7.17. The minimum Gasteiger partial charge on any atom is -0.368 e. The van der Waals surface area contributed by atoms with E-state index in [1.165, 1.54) is 27.0 Å². The summed E-state index contributed by atoms with van der Waals surface area (Å²) in [4.78, 5) is 9.18. The third-order valence-electron chi connectivity index (χ3n) is 4.42. The van der Waals surface area contributed by atoms with E-state index in [-0.39, 0.29) is 0 Å². The monoisotopic (exact) mass is 309 g/mol. The third kappa shape index (κ3) is 2.33. The lowest BCUT2D eigenvalue weighted by molar-refractivity contribution is 0.653. The topological polar surface area (TPSA) is 19.4 Å². The fraction of sp³-hybridized carbons (Fsp3) is 0.278. The predicted molar refractivity (Wildman–Crippen MR) is 95.2 cm³/mol. The number of piperazine rings is 1. The second-order valence-corrected chi connectivity index (χ2v) is 6.69. The lowest BCUT2D eigenvalue weighted by atomic mass is 10.1. The molecule has 1 saturated heterocycles. The van der Waals surface area contributed by atoms with Gasteiger partial charge >= 0.3 is 0 Å². The molecule has 0 atom stereocenters. The zero-order valence-electron chi connectivity index (χ0n) is 12.7. The maximum absolute atomic E-state index is 4.19. The van der Waals surface area contributed by atoms with Crippen LogP contribution in [0.15, 0.2) is 48.1 Å². The number of hydrogen-bond acceptors (Lipinski definition) is 4. The molecule has 0 saturated carbocycles. The lowest BCUT2D eigenvalue weighted by Crippen LogP contribution is -2.46. The van der Waals surface area contributed by atoms with E-state index in [1.807, 2.05) is 23.7 Å². The van der Waals surface area contributed by atoms with E-state index >= 15 is 0 Å². The van der Waals surface area contributed by atoms with Crippen molar-refractivity contribution in [3.63, 3.8) is 0 Å². The van der Waals surface area contributed by atoms with Crippen LogP contribution in [0.2, 0.25) is 0 Å². The Balaban J connectivity index is 1.55. The van der Waals surface area contributed by atoms with Gasteiger partial charge in [0.05, 0.1) is 0 Å². The number of benzene rings is 1. The van der Waals surface area contributed by atoms with Gasteiger partial charge in [-0.1, -0.05) is 6.07 Å². The van der Waals surface area contributed by atoms with Crippen LogP contribution in [0.3, 0.4) is 0 Å². The molecular weight excluding hydrogens is 290 g/mol. The number of anilines is 2. The first-order chi connectivity index (χ1) is 10.8. The Labute approximate surface area is 134 Å². The van der Waals surface area contributed by atoms with Crippen molar-refractivity contribution in [1.29, 1.82) is 0 Å². The molecule has 3 nitrogen and oxygen atoms in total. The van der Waals surface area contributed by atoms with Crippen molar-refractivity contribution in [2.24, 2.45) is 0 Å². The molecule has 1 aliphatic heterocycles. The van der Waals surface area contributed by atoms with E-state index in [2.05, 4.69) is 57.4 Å². The van der Waals surface area contributed by atoms with Gasteiger partial charge in [0.2, 0.25) is 0 Å². The molecule has 112 valence electrons. The Hall–Kier alpha value is -2.07. The van der Waals surface area contributed by atoms with Crippen molar-refractivity contribution >= 4 is 32.8 Å². The summed E-state index contributed by atoms with van der Waals surface area (Å²) in [5.41, 5.74) is 3.96. The van der Waals surface area contributed by atoms with E-state index in [1.54, 1.807) is 0 Å². The Morgan fingerprint density at radius 2 is 1.73 bits per heavy atom. The Kier molecular flexibility index (Phi) is 3.47. The van der Waals surface area contributed by atoms with Crippen molar-refractivity contribution in [2.75, 3.05) is 36.0 Å². The standard InChI is InChI=1S/C18H19N3S/c1-14-13-19-7-5-16(14)20-8-10-21(11-9-20)17-3-2-4-18-15(17)6-12-22-18/h2-7,12-13H,8-11H2,1H3. The number of pyridine rings is 1. The van der Waals surface area contributed by atoms with Crippen LogP contribution in [0.4, 0.5) is 11.4 Å². The summed E-state index contributed by atoms with van der Waals surface area (Å²) >= 11 is 1.82. The summed E-state index contributed by atoms with van der Waals surface area (Å²) in [7, 11) is 0. The van der Waals surface area contributed by atoms with Gasteiger partial charge in [0.15, 0.2) is 0 Å². The third-order valence-corrected chi connectivity index (χ3v) is 5.31. The summed E-state index contributed by atoms with van der Waals surface area (Å²) < 4.78 is 1.38. The molecule has 4 rings (SSSR count). The number of aryl methyl sites for hydroxylation is 1. The van der Waals surface area contributed by atoms with Gasteiger partial charge in [-0.15, -0.1) is 11.3 Å². The molecular formula is C18H19N3S. The van der Waals surface area contributed by atoms with Crippen LogP contribution < -0.4 is 9.80 Å². The smallest absolute Gasteiger partial charge is 0.0455 e. The maximum atomic E-state index is 4.19. The molecule has 0 N–H and O–H groups in total. The van der Waals surface area contributed by atoms with Crippen LogP contribution in [0.1, 0.15) is 5.56 Å². The highest BCUT2D eigenvalue weighted by Crippen LogP contribution is 2.31. The van der Waals surface area contributed by atoms with Crippen molar-refractivity contribution in [3.8, 4) is 0 Å². The number of aromatic nitrogens is 1. The molecule has 0 spiro atoms. The molecule has 0 bridgehead atoms. The average Bonchev–Trinajstić information content (AvgIpc) is 3.04. The van der Waals surface area contributed by atoms with Crippen LogP contribution in [0.5, 0.6) is 0 Å². The average molecular weight is 309 g/mol.